The van der Waals surface area contributed by atoms with Gasteiger partial charge in [0.05, 0.1) is 0 Å². The SMILES string of the molecule is CC1(C)CCC(CN2C[C@H]3C[C@@H]2CN3Cc2ccc3c(c2)CN(C2CCCNC2)C3=O)=C(c2ccc(Cl)cc2)C1. The molecule has 2 aromatic rings. The fourth-order valence-electron chi connectivity index (χ4n) is 8.05. The number of likely N-dealkylation sites (tertiary alicyclic amines) is 2. The zero-order valence-electron chi connectivity index (χ0n) is 24.1. The number of carbonyl (C=O) groups excluding carboxylic acids is 1. The summed E-state index contributed by atoms with van der Waals surface area (Å²) < 4.78 is 0. The lowest BCUT2D eigenvalue weighted by molar-refractivity contribution is 0.0674. The van der Waals surface area contributed by atoms with Crippen molar-refractivity contribution in [1.82, 2.24) is 20.0 Å². The Hall–Kier alpha value is -2.18. The Kier molecular flexibility index (Phi) is 7.06. The molecule has 3 fully saturated rings. The van der Waals surface area contributed by atoms with Crippen molar-refractivity contribution in [2.45, 2.75) is 83.6 Å². The normalized spacial score (nSPS) is 28.5. The molecule has 1 aliphatic carbocycles. The second kappa shape index (κ2) is 10.6. The first-order valence-electron chi connectivity index (χ1n) is 15.4. The van der Waals surface area contributed by atoms with Gasteiger partial charge >= 0.3 is 0 Å². The number of benzene rings is 2. The Bertz CT molecular complexity index is 1310. The van der Waals surface area contributed by atoms with Crippen LogP contribution in [-0.4, -0.2) is 71.5 Å². The lowest BCUT2D eigenvalue weighted by Crippen LogP contribution is -2.46. The van der Waals surface area contributed by atoms with Crippen LogP contribution in [0.3, 0.4) is 0 Å². The van der Waals surface area contributed by atoms with Gasteiger partial charge in [-0.15, -0.1) is 0 Å². The zero-order valence-corrected chi connectivity index (χ0v) is 24.8. The highest BCUT2D eigenvalue weighted by Gasteiger charge is 2.44. The largest absolute Gasteiger partial charge is 0.330 e. The molecule has 0 radical (unpaired) electrons. The van der Waals surface area contributed by atoms with Gasteiger partial charge in [0.25, 0.3) is 5.91 Å². The Morgan fingerprint density at radius 3 is 2.50 bits per heavy atom. The molecule has 2 bridgehead atoms. The second-order valence-corrected chi connectivity index (χ2v) is 14.2. The van der Waals surface area contributed by atoms with Crippen LogP contribution in [0.5, 0.6) is 0 Å². The first-order chi connectivity index (χ1) is 19.3. The first kappa shape index (κ1) is 26.7. The van der Waals surface area contributed by atoms with Gasteiger partial charge in [-0.3, -0.25) is 14.6 Å². The molecule has 7 rings (SSSR count). The van der Waals surface area contributed by atoms with Crippen molar-refractivity contribution in [2.75, 3.05) is 32.7 Å². The van der Waals surface area contributed by atoms with E-state index in [1.807, 2.05) is 12.1 Å². The minimum atomic E-state index is 0.226. The van der Waals surface area contributed by atoms with Crippen molar-refractivity contribution >= 4 is 23.1 Å². The van der Waals surface area contributed by atoms with Crippen LogP contribution in [0.2, 0.25) is 5.02 Å². The second-order valence-electron chi connectivity index (χ2n) is 13.8. The minimum absolute atomic E-state index is 0.226. The van der Waals surface area contributed by atoms with Gasteiger partial charge in [0, 0.05) is 68.0 Å². The molecular weight excluding hydrogens is 516 g/mol. The van der Waals surface area contributed by atoms with E-state index >= 15 is 0 Å². The molecule has 3 saturated heterocycles. The van der Waals surface area contributed by atoms with Crippen molar-refractivity contribution in [2.24, 2.45) is 5.41 Å². The maximum absolute atomic E-state index is 13.1. The van der Waals surface area contributed by atoms with E-state index < -0.39 is 0 Å². The number of piperidine rings is 1. The van der Waals surface area contributed by atoms with E-state index in [0.29, 0.717) is 23.5 Å². The quantitative estimate of drug-likeness (QED) is 0.474. The van der Waals surface area contributed by atoms with Gasteiger partial charge in [0.15, 0.2) is 0 Å². The van der Waals surface area contributed by atoms with Gasteiger partial charge in [-0.05, 0) is 90.9 Å². The zero-order chi connectivity index (χ0) is 27.4. The van der Waals surface area contributed by atoms with Gasteiger partial charge in [-0.2, -0.15) is 0 Å². The van der Waals surface area contributed by atoms with Crippen LogP contribution in [0.4, 0.5) is 0 Å². The molecular formula is C34H43ClN4O. The van der Waals surface area contributed by atoms with Gasteiger partial charge in [-0.1, -0.05) is 55.3 Å². The maximum Gasteiger partial charge on any atom is 0.254 e. The fraction of sp³-hybridized carbons (Fsp3) is 0.559. The molecule has 5 aliphatic rings. The summed E-state index contributed by atoms with van der Waals surface area (Å²) in [5.74, 6) is 0.226. The molecule has 1 unspecified atom stereocenters. The van der Waals surface area contributed by atoms with E-state index in [0.717, 1.165) is 75.7 Å². The number of nitrogens with one attached hydrogen (secondary N) is 1. The number of hydrogen-bond acceptors (Lipinski definition) is 4. The molecule has 0 aromatic heterocycles. The van der Waals surface area contributed by atoms with E-state index in [-0.39, 0.29) is 5.91 Å². The van der Waals surface area contributed by atoms with Crippen molar-refractivity contribution in [3.63, 3.8) is 0 Å². The Morgan fingerprint density at radius 2 is 1.77 bits per heavy atom. The van der Waals surface area contributed by atoms with E-state index in [2.05, 4.69) is 64.2 Å². The maximum atomic E-state index is 13.1. The molecule has 0 saturated carbocycles. The number of carbonyl (C=O) groups is 1. The molecule has 2 aromatic carbocycles. The summed E-state index contributed by atoms with van der Waals surface area (Å²) in [5.41, 5.74) is 8.40. The van der Waals surface area contributed by atoms with Crippen molar-refractivity contribution in [3.8, 4) is 0 Å². The van der Waals surface area contributed by atoms with Crippen LogP contribution in [0, 0.1) is 5.41 Å². The van der Waals surface area contributed by atoms with E-state index in [9.17, 15) is 4.79 Å². The molecule has 1 amide bonds. The topological polar surface area (TPSA) is 38.8 Å². The van der Waals surface area contributed by atoms with Gasteiger partial charge in [0.2, 0.25) is 0 Å². The molecule has 1 N–H and O–H groups in total. The van der Waals surface area contributed by atoms with E-state index in [1.54, 1.807) is 11.1 Å². The molecule has 40 heavy (non-hydrogen) atoms. The standard InChI is InChI=1S/C34H43ClN4O/c1-34(2)12-11-25(32(16-34)24-6-8-27(35)9-7-24)19-38-22-29-15-30(38)21-37(29)18-23-5-10-31-26(14-23)20-39(33(31)40)28-4-3-13-36-17-28/h5-10,14,28-30,36H,3-4,11-13,15-22H2,1-2H3/t28?,29-,30-/m1/s1. The summed E-state index contributed by atoms with van der Waals surface area (Å²) in [4.78, 5) is 20.7. The highest BCUT2D eigenvalue weighted by molar-refractivity contribution is 6.30. The summed E-state index contributed by atoms with van der Waals surface area (Å²) in [7, 11) is 0. The van der Waals surface area contributed by atoms with Crippen molar-refractivity contribution in [1.29, 1.82) is 0 Å². The van der Waals surface area contributed by atoms with Crippen LogP contribution < -0.4 is 5.32 Å². The summed E-state index contributed by atoms with van der Waals surface area (Å²) >= 11 is 6.22. The van der Waals surface area contributed by atoms with Crippen LogP contribution in [-0.2, 0) is 13.1 Å². The smallest absolute Gasteiger partial charge is 0.254 e. The average Bonchev–Trinajstić information content (AvgIpc) is 3.63. The molecule has 6 heteroatoms. The van der Waals surface area contributed by atoms with Gasteiger partial charge in [-0.25, -0.2) is 0 Å². The third kappa shape index (κ3) is 5.15. The first-order valence-corrected chi connectivity index (χ1v) is 15.8. The lowest BCUT2D eigenvalue weighted by Gasteiger charge is -2.38. The molecule has 5 nitrogen and oxygen atoms in total. The number of hydrogen-bond donors (Lipinski definition) is 1. The van der Waals surface area contributed by atoms with Crippen molar-refractivity contribution in [3.05, 3.63) is 75.3 Å². The predicted molar refractivity (Wildman–Crippen MR) is 162 cm³/mol. The number of piperazine rings is 1. The van der Waals surface area contributed by atoms with E-state index in [1.165, 1.54) is 36.0 Å². The Balaban J connectivity index is 1.01. The Morgan fingerprint density at radius 1 is 1.00 bits per heavy atom. The highest BCUT2D eigenvalue weighted by atomic mass is 35.5. The lowest BCUT2D eigenvalue weighted by atomic mass is 9.72. The monoisotopic (exact) mass is 558 g/mol. The van der Waals surface area contributed by atoms with Gasteiger partial charge < -0.3 is 10.2 Å². The summed E-state index contributed by atoms with van der Waals surface area (Å²) in [6, 6.07) is 16.7. The number of amides is 1. The van der Waals surface area contributed by atoms with E-state index in [4.69, 9.17) is 11.6 Å². The molecule has 3 atom stereocenters. The number of rotatable bonds is 6. The average molecular weight is 559 g/mol. The summed E-state index contributed by atoms with van der Waals surface area (Å²) in [6.07, 6.45) is 7.16. The van der Waals surface area contributed by atoms with Crippen LogP contribution in [0.25, 0.3) is 5.57 Å². The minimum Gasteiger partial charge on any atom is -0.330 e. The van der Waals surface area contributed by atoms with Crippen molar-refractivity contribution < 1.29 is 4.79 Å². The summed E-state index contributed by atoms with van der Waals surface area (Å²) in [5, 5.41) is 4.28. The van der Waals surface area contributed by atoms with Crippen LogP contribution in [0.15, 0.2) is 48.0 Å². The molecule has 0 spiro atoms. The third-order valence-electron chi connectivity index (χ3n) is 10.3. The molecule has 4 aliphatic heterocycles. The number of halogens is 1. The number of allylic oxidation sites excluding steroid dienone is 1. The van der Waals surface area contributed by atoms with Crippen LogP contribution in [0.1, 0.15) is 79.4 Å². The fourth-order valence-corrected chi connectivity index (χ4v) is 8.18. The Labute approximate surface area is 244 Å². The third-order valence-corrected chi connectivity index (χ3v) is 10.6. The molecule has 4 heterocycles. The predicted octanol–water partition coefficient (Wildman–Crippen LogP) is 5.97. The molecule has 212 valence electrons. The summed E-state index contributed by atoms with van der Waals surface area (Å²) in [6.45, 7) is 12.0. The number of fused-ring (bicyclic) bond motifs is 3. The van der Waals surface area contributed by atoms with Crippen LogP contribution >= 0.6 is 11.6 Å². The van der Waals surface area contributed by atoms with Gasteiger partial charge in [0.1, 0.15) is 0 Å². The number of nitrogens with zero attached hydrogens (tertiary/aromatic N) is 3. The highest BCUT2D eigenvalue weighted by Crippen LogP contribution is 2.44.